The van der Waals surface area contributed by atoms with Crippen LogP contribution in [-0.2, 0) is 14.4 Å². The summed E-state index contributed by atoms with van der Waals surface area (Å²) in [6.07, 6.45) is 11.4. The number of nitrogens with one attached hydrogen (secondary N) is 1. The van der Waals surface area contributed by atoms with Crippen molar-refractivity contribution in [3.63, 3.8) is 0 Å². The molecule has 112 valence electrons. The molecule has 0 aliphatic rings. The van der Waals surface area contributed by atoms with Crippen LogP contribution in [0.5, 0.6) is 0 Å². The number of rotatable bonds is 13. The predicted octanol–water partition coefficient (Wildman–Crippen LogP) is 3.54. The molecule has 0 fully saturated rings. The molecule has 0 aromatic heterocycles. The summed E-state index contributed by atoms with van der Waals surface area (Å²) < 4.78 is 0. The van der Waals surface area contributed by atoms with E-state index < -0.39 is 5.97 Å². The van der Waals surface area contributed by atoms with Gasteiger partial charge in [-0.2, -0.15) is 5.48 Å². The molecule has 4 heteroatoms. The van der Waals surface area contributed by atoms with Gasteiger partial charge >= 0.3 is 5.97 Å². The molecule has 0 aliphatic carbocycles. The Kier molecular flexibility index (Phi) is 12.9. The van der Waals surface area contributed by atoms with Crippen molar-refractivity contribution >= 4 is 11.8 Å². The van der Waals surface area contributed by atoms with E-state index in [1.807, 2.05) is 0 Å². The van der Waals surface area contributed by atoms with Gasteiger partial charge in [-0.25, -0.2) is 4.79 Å². The molecule has 0 amide bonds. The molecule has 0 rings (SSSR count). The van der Waals surface area contributed by atoms with Crippen molar-refractivity contribution in [1.29, 1.82) is 0 Å². The van der Waals surface area contributed by atoms with Crippen LogP contribution < -0.4 is 5.48 Å². The summed E-state index contributed by atoms with van der Waals surface area (Å²) in [4.78, 5) is 26.9. The van der Waals surface area contributed by atoms with Gasteiger partial charge in [0.1, 0.15) is 12.2 Å². The fraction of sp³-hybridized carbons (Fsp3) is 0.867. The minimum Gasteiger partial charge on any atom is -0.370 e. The van der Waals surface area contributed by atoms with Crippen molar-refractivity contribution in [3.8, 4) is 0 Å². The third kappa shape index (κ3) is 13.3. The van der Waals surface area contributed by atoms with Crippen LogP contribution in [0, 0.1) is 0 Å². The zero-order chi connectivity index (χ0) is 14.3. The standard InChI is InChI=1S/C15H29NO3/c1-3-4-5-6-7-8-9-10-11-12-14(17)13-15(18)19-16-2/h16H,3-13H2,1-2H3. The first-order chi connectivity index (χ1) is 9.20. The molecular formula is C15H29NO3. The minimum absolute atomic E-state index is 0.0248. The fourth-order valence-electron chi connectivity index (χ4n) is 2.03. The molecule has 0 unspecified atom stereocenters. The predicted molar refractivity (Wildman–Crippen MR) is 76.6 cm³/mol. The number of unbranched alkanes of at least 4 members (excludes halogenated alkanes) is 8. The highest BCUT2D eigenvalue weighted by atomic mass is 16.7. The van der Waals surface area contributed by atoms with Crippen LogP contribution >= 0.6 is 0 Å². The van der Waals surface area contributed by atoms with Crippen molar-refractivity contribution in [1.82, 2.24) is 5.48 Å². The Morgan fingerprint density at radius 3 is 1.95 bits per heavy atom. The fourth-order valence-corrected chi connectivity index (χ4v) is 2.03. The molecular weight excluding hydrogens is 242 g/mol. The first kappa shape index (κ1) is 18.1. The van der Waals surface area contributed by atoms with Crippen LogP contribution in [0.15, 0.2) is 0 Å². The molecule has 0 radical (unpaired) electrons. The summed E-state index contributed by atoms with van der Waals surface area (Å²) in [5.41, 5.74) is 2.28. The van der Waals surface area contributed by atoms with Gasteiger partial charge in [-0.05, 0) is 6.42 Å². The van der Waals surface area contributed by atoms with Gasteiger partial charge in [-0.3, -0.25) is 4.79 Å². The average Bonchev–Trinajstić information content (AvgIpc) is 2.37. The third-order valence-electron chi connectivity index (χ3n) is 3.12. The van der Waals surface area contributed by atoms with Crippen LogP contribution in [0.25, 0.3) is 0 Å². The van der Waals surface area contributed by atoms with Crippen molar-refractivity contribution in [2.24, 2.45) is 0 Å². The Balaban J connectivity index is 3.25. The normalized spacial score (nSPS) is 10.4. The highest BCUT2D eigenvalue weighted by molar-refractivity contribution is 5.95. The van der Waals surface area contributed by atoms with Crippen molar-refractivity contribution in [3.05, 3.63) is 0 Å². The summed E-state index contributed by atoms with van der Waals surface area (Å²) in [6.45, 7) is 2.23. The molecule has 0 spiro atoms. The summed E-state index contributed by atoms with van der Waals surface area (Å²) in [7, 11) is 1.50. The number of carbonyl (C=O) groups is 2. The number of hydroxylamine groups is 1. The first-order valence-corrected chi connectivity index (χ1v) is 7.58. The third-order valence-corrected chi connectivity index (χ3v) is 3.12. The highest BCUT2D eigenvalue weighted by Gasteiger charge is 2.09. The van der Waals surface area contributed by atoms with Gasteiger partial charge < -0.3 is 4.84 Å². The maximum absolute atomic E-state index is 11.4. The monoisotopic (exact) mass is 271 g/mol. The van der Waals surface area contributed by atoms with Gasteiger partial charge in [0.2, 0.25) is 0 Å². The lowest BCUT2D eigenvalue weighted by molar-refractivity contribution is -0.151. The molecule has 0 bridgehead atoms. The molecule has 0 atom stereocenters. The maximum Gasteiger partial charge on any atom is 0.332 e. The molecule has 1 N–H and O–H groups in total. The van der Waals surface area contributed by atoms with Crippen LogP contribution in [0.1, 0.15) is 77.6 Å². The minimum atomic E-state index is -0.497. The lowest BCUT2D eigenvalue weighted by atomic mass is 10.0. The summed E-state index contributed by atoms with van der Waals surface area (Å²) in [5.74, 6) is -0.522. The zero-order valence-electron chi connectivity index (χ0n) is 12.5. The van der Waals surface area contributed by atoms with Crippen LogP contribution in [-0.4, -0.2) is 18.8 Å². The lowest BCUT2D eigenvalue weighted by Crippen LogP contribution is -2.18. The van der Waals surface area contributed by atoms with E-state index in [1.54, 1.807) is 0 Å². The maximum atomic E-state index is 11.4. The number of Topliss-reactive ketones (excluding diaryl/α,β-unsaturated/α-hetero) is 1. The molecule has 0 aromatic carbocycles. The van der Waals surface area contributed by atoms with Gasteiger partial charge in [-0.1, -0.05) is 58.3 Å². The molecule has 0 saturated heterocycles. The van der Waals surface area contributed by atoms with Gasteiger partial charge in [0.05, 0.1) is 0 Å². The van der Waals surface area contributed by atoms with Crippen LogP contribution in [0.2, 0.25) is 0 Å². The van der Waals surface area contributed by atoms with E-state index >= 15 is 0 Å². The molecule has 0 saturated carbocycles. The summed E-state index contributed by atoms with van der Waals surface area (Å²) >= 11 is 0. The zero-order valence-corrected chi connectivity index (χ0v) is 12.5. The molecule has 0 aliphatic heterocycles. The number of ketones is 1. The SMILES string of the molecule is CCCCCCCCCCCC(=O)CC(=O)ONC. The van der Waals surface area contributed by atoms with E-state index in [0.29, 0.717) is 6.42 Å². The van der Waals surface area contributed by atoms with Crippen molar-refractivity contribution in [2.75, 3.05) is 7.05 Å². The van der Waals surface area contributed by atoms with Gasteiger partial charge in [0, 0.05) is 13.5 Å². The van der Waals surface area contributed by atoms with Gasteiger partial charge in [0.25, 0.3) is 0 Å². The lowest BCUT2D eigenvalue weighted by Gasteiger charge is -2.02. The highest BCUT2D eigenvalue weighted by Crippen LogP contribution is 2.11. The van der Waals surface area contributed by atoms with Crippen LogP contribution in [0.4, 0.5) is 0 Å². The smallest absolute Gasteiger partial charge is 0.332 e. The van der Waals surface area contributed by atoms with E-state index in [1.165, 1.54) is 52.0 Å². The van der Waals surface area contributed by atoms with Gasteiger partial charge in [0.15, 0.2) is 0 Å². The first-order valence-electron chi connectivity index (χ1n) is 7.58. The molecule has 0 heterocycles. The second-order valence-corrected chi connectivity index (χ2v) is 4.97. The second kappa shape index (κ2) is 13.5. The Morgan fingerprint density at radius 1 is 0.895 bits per heavy atom. The van der Waals surface area contributed by atoms with E-state index in [0.717, 1.165) is 12.8 Å². The molecule has 19 heavy (non-hydrogen) atoms. The summed E-state index contributed by atoms with van der Waals surface area (Å²) in [6, 6.07) is 0. The van der Waals surface area contributed by atoms with E-state index in [-0.39, 0.29) is 12.2 Å². The Morgan fingerprint density at radius 2 is 1.42 bits per heavy atom. The van der Waals surface area contributed by atoms with E-state index in [4.69, 9.17) is 0 Å². The topological polar surface area (TPSA) is 55.4 Å². The quantitative estimate of drug-likeness (QED) is 0.316. The Hall–Kier alpha value is -0.900. The number of hydrogen-bond donors (Lipinski definition) is 1. The average molecular weight is 271 g/mol. The number of hydrogen-bond acceptors (Lipinski definition) is 4. The second-order valence-electron chi connectivity index (χ2n) is 4.97. The van der Waals surface area contributed by atoms with Crippen LogP contribution in [0.3, 0.4) is 0 Å². The van der Waals surface area contributed by atoms with E-state index in [2.05, 4.69) is 17.2 Å². The Labute approximate surface area is 117 Å². The summed E-state index contributed by atoms with van der Waals surface area (Å²) in [5, 5.41) is 0. The van der Waals surface area contributed by atoms with Crippen molar-refractivity contribution in [2.45, 2.75) is 77.6 Å². The van der Waals surface area contributed by atoms with Gasteiger partial charge in [-0.15, -0.1) is 0 Å². The largest absolute Gasteiger partial charge is 0.370 e. The molecule has 4 nitrogen and oxygen atoms in total. The van der Waals surface area contributed by atoms with E-state index in [9.17, 15) is 9.59 Å². The Bertz CT molecular complexity index is 242. The van der Waals surface area contributed by atoms with Crippen molar-refractivity contribution < 1.29 is 14.4 Å². The molecule has 0 aromatic rings. The number of carbonyl (C=O) groups excluding carboxylic acids is 2.